The average Bonchev–Trinajstić information content (AvgIpc) is 2.93. The molecule has 2 aromatic carbocycles. The molecule has 0 atom stereocenters. The van der Waals surface area contributed by atoms with Crippen molar-refractivity contribution in [3.63, 3.8) is 0 Å². The Bertz CT molecular complexity index is 1010. The lowest BCUT2D eigenvalue weighted by Crippen LogP contribution is -2.43. The van der Waals surface area contributed by atoms with Gasteiger partial charge in [-0.25, -0.2) is 13.2 Å². The largest absolute Gasteiger partial charge is 0.369 e. The van der Waals surface area contributed by atoms with E-state index in [0.717, 1.165) is 11.6 Å². The van der Waals surface area contributed by atoms with E-state index < -0.39 is 17.5 Å². The summed E-state index contributed by atoms with van der Waals surface area (Å²) in [5.74, 6) is -2.05. The molecule has 0 aliphatic heterocycles. The number of rotatable bonds is 5. The lowest BCUT2D eigenvalue weighted by molar-refractivity contribution is -0.117. The van der Waals surface area contributed by atoms with Gasteiger partial charge in [0.15, 0.2) is 0 Å². The Morgan fingerprint density at radius 1 is 1.11 bits per heavy atom. The Morgan fingerprint density at radius 2 is 1.81 bits per heavy atom. The maximum atomic E-state index is 14.3. The van der Waals surface area contributed by atoms with Gasteiger partial charge >= 0.3 is 0 Å². The lowest BCUT2D eigenvalue weighted by atomic mass is 9.74. The van der Waals surface area contributed by atoms with Crippen LogP contribution < -0.4 is 11.1 Å². The fourth-order valence-electron chi connectivity index (χ4n) is 3.77. The summed E-state index contributed by atoms with van der Waals surface area (Å²) in [5.41, 5.74) is 7.56. The first-order valence-electron chi connectivity index (χ1n) is 8.70. The molecule has 4 rings (SSSR count). The van der Waals surface area contributed by atoms with Crippen molar-refractivity contribution in [2.24, 2.45) is 5.73 Å². The van der Waals surface area contributed by atoms with E-state index in [2.05, 4.69) is 10.3 Å². The molecule has 4 nitrogen and oxygen atoms in total. The second-order valence-electron chi connectivity index (χ2n) is 6.94. The van der Waals surface area contributed by atoms with Crippen LogP contribution in [0.5, 0.6) is 0 Å². The smallest absolute Gasteiger partial charge is 0.231 e. The van der Waals surface area contributed by atoms with Crippen LogP contribution in [0.25, 0.3) is 22.2 Å². The van der Waals surface area contributed by atoms with Gasteiger partial charge in [0.2, 0.25) is 5.91 Å². The standard InChI is InChI=1S/C20H18F3N3O/c21-12-3-1-10(2-4-12)19-18(11-5-14(6-11)25-9-17(24)27)15-7-13(22)8-16(23)20(15)26-19/h1-4,7-8,11,14,25-26H,5-6,9H2,(H2,24,27)/t11-,14-. The molecule has 3 aromatic rings. The van der Waals surface area contributed by atoms with E-state index in [1.165, 1.54) is 18.2 Å². The number of carbonyl (C=O) groups excluding carboxylic acids is 1. The number of carbonyl (C=O) groups is 1. The van der Waals surface area contributed by atoms with Crippen LogP contribution in [-0.4, -0.2) is 23.5 Å². The molecule has 27 heavy (non-hydrogen) atoms. The highest BCUT2D eigenvalue weighted by Crippen LogP contribution is 2.45. The van der Waals surface area contributed by atoms with Gasteiger partial charge in [-0.05, 0) is 60.2 Å². The van der Waals surface area contributed by atoms with Crippen molar-refractivity contribution in [2.45, 2.75) is 24.8 Å². The Morgan fingerprint density at radius 3 is 2.48 bits per heavy atom. The van der Waals surface area contributed by atoms with Crippen LogP contribution in [0.1, 0.15) is 24.3 Å². The quantitative estimate of drug-likeness (QED) is 0.640. The van der Waals surface area contributed by atoms with Gasteiger partial charge in [-0.15, -0.1) is 0 Å². The van der Waals surface area contributed by atoms with Gasteiger partial charge in [-0.1, -0.05) is 0 Å². The maximum Gasteiger partial charge on any atom is 0.231 e. The molecule has 0 spiro atoms. The first kappa shape index (κ1) is 17.6. The first-order valence-corrected chi connectivity index (χ1v) is 8.70. The highest BCUT2D eigenvalue weighted by molar-refractivity contribution is 5.92. The number of amides is 1. The van der Waals surface area contributed by atoms with Gasteiger partial charge in [0.25, 0.3) is 0 Å². The molecular formula is C20H18F3N3O. The van der Waals surface area contributed by atoms with Crippen molar-refractivity contribution in [3.05, 3.63) is 59.4 Å². The molecule has 140 valence electrons. The minimum Gasteiger partial charge on any atom is -0.369 e. The van der Waals surface area contributed by atoms with Crippen molar-refractivity contribution in [1.29, 1.82) is 0 Å². The van der Waals surface area contributed by atoms with E-state index in [9.17, 15) is 18.0 Å². The predicted molar refractivity (Wildman–Crippen MR) is 96.6 cm³/mol. The Balaban J connectivity index is 1.74. The minimum absolute atomic E-state index is 0.0605. The van der Waals surface area contributed by atoms with Crippen molar-refractivity contribution < 1.29 is 18.0 Å². The molecule has 4 N–H and O–H groups in total. The van der Waals surface area contributed by atoms with Gasteiger partial charge < -0.3 is 16.0 Å². The van der Waals surface area contributed by atoms with E-state index in [0.29, 0.717) is 29.5 Å². The molecule has 1 amide bonds. The molecule has 1 heterocycles. The normalized spacial score (nSPS) is 19.2. The average molecular weight is 373 g/mol. The maximum absolute atomic E-state index is 14.3. The second kappa shape index (κ2) is 6.74. The van der Waals surface area contributed by atoms with Gasteiger partial charge in [-0.3, -0.25) is 4.79 Å². The molecule has 1 aliphatic carbocycles. The molecule has 7 heteroatoms. The fourth-order valence-corrected chi connectivity index (χ4v) is 3.77. The van der Waals surface area contributed by atoms with Crippen LogP contribution in [0.2, 0.25) is 0 Å². The fraction of sp³-hybridized carbons (Fsp3) is 0.250. The second-order valence-corrected chi connectivity index (χ2v) is 6.94. The zero-order valence-corrected chi connectivity index (χ0v) is 14.4. The van der Waals surface area contributed by atoms with Crippen LogP contribution in [0, 0.1) is 17.5 Å². The van der Waals surface area contributed by atoms with Crippen molar-refractivity contribution in [2.75, 3.05) is 6.54 Å². The SMILES string of the molecule is NC(=O)CN[C@H]1C[C@H](c2c(-c3ccc(F)cc3)[nH]c3c(F)cc(F)cc32)C1. The minimum atomic E-state index is -0.665. The molecule has 1 saturated carbocycles. The summed E-state index contributed by atoms with van der Waals surface area (Å²) >= 11 is 0. The van der Waals surface area contributed by atoms with E-state index in [1.54, 1.807) is 12.1 Å². The molecule has 1 aromatic heterocycles. The van der Waals surface area contributed by atoms with Gasteiger partial charge in [0.1, 0.15) is 17.5 Å². The lowest BCUT2D eigenvalue weighted by Gasteiger charge is -2.36. The summed E-state index contributed by atoms with van der Waals surface area (Å²) in [6.45, 7) is 0.0966. The van der Waals surface area contributed by atoms with Crippen molar-refractivity contribution in [1.82, 2.24) is 10.3 Å². The number of H-pyrrole nitrogens is 1. The van der Waals surface area contributed by atoms with Gasteiger partial charge in [-0.2, -0.15) is 0 Å². The molecule has 1 fully saturated rings. The molecule has 1 aliphatic rings. The molecular weight excluding hydrogens is 355 g/mol. The third kappa shape index (κ3) is 3.30. The summed E-state index contributed by atoms with van der Waals surface area (Å²) < 4.78 is 41.4. The Labute approximate surface area is 153 Å². The number of nitrogens with two attached hydrogens (primary N) is 1. The highest BCUT2D eigenvalue weighted by Gasteiger charge is 2.34. The number of nitrogens with one attached hydrogen (secondary N) is 2. The number of hydrogen-bond acceptors (Lipinski definition) is 2. The van der Waals surface area contributed by atoms with E-state index in [-0.39, 0.29) is 29.8 Å². The summed E-state index contributed by atoms with van der Waals surface area (Å²) in [6, 6.07) is 8.17. The number of fused-ring (bicyclic) bond motifs is 1. The predicted octanol–water partition coefficient (Wildman–Crippen LogP) is 3.57. The van der Waals surface area contributed by atoms with E-state index >= 15 is 0 Å². The summed E-state index contributed by atoms with van der Waals surface area (Å²) in [5, 5.41) is 3.56. The number of benzene rings is 2. The summed E-state index contributed by atoms with van der Waals surface area (Å²) in [4.78, 5) is 14.0. The van der Waals surface area contributed by atoms with Crippen molar-refractivity contribution in [3.8, 4) is 11.3 Å². The topological polar surface area (TPSA) is 70.9 Å². The summed E-state index contributed by atoms with van der Waals surface area (Å²) in [6.07, 6.45) is 1.43. The summed E-state index contributed by atoms with van der Waals surface area (Å²) in [7, 11) is 0. The molecule has 0 radical (unpaired) electrons. The first-order chi connectivity index (χ1) is 12.9. The van der Waals surface area contributed by atoms with Crippen LogP contribution in [0.15, 0.2) is 36.4 Å². The number of aromatic nitrogens is 1. The van der Waals surface area contributed by atoms with Crippen LogP contribution in [-0.2, 0) is 4.79 Å². The molecule has 0 bridgehead atoms. The highest BCUT2D eigenvalue weighted by atomic mass is 19.1. The van der Waals surface area contributed by atoms with Gasteiger partial charge in [0, 0.05) is 17.5 Å². The zero-order chi connectivity index (χ0) is 19.1. The van der Waals surface area contributed by atoms with Gasteiger partial charge in [0.05, 0.1) is 17.8 Å². The molecule has 0 unspecified atom stereocenters. The third-order valence-corrected chi connectivity index (χ3v) is 5.11. The number of hydrogen-bond donors (Lipinski definition) is 3. The molecule has 0 saturated heterocycles. The number of aromatic amines is 1. The monoisotopic (exact) mass is 373 g/mol. The van der Waals surface area contributed by atoms with Crippen LogP contribution >= 0.6 is 0 Å². The number of primary amides is 1. The Hall–Kier alpha value is -2.80. The van der Waals surface area contributed by atoms with Crippen LogP contribution in [0.3, 0.4) is 0 Å². The van der Waals surface area contributed by atoms with E-state index in [4.69, 9.17) is 5.73 Å². The number of halogens is 3. The van der Waals surface area contributed by atoms with E-state index in [1.807, 2.05) is 0 Å². The Kier molecular flexibility index (Phi) is 4.39. The van der Waals surface area contributed by atoms with Crippen molar-refractivity contribution >= 4 is 16.8 Å². The third-order valence-electron chi connectivity index (χ3n) is 5.11. The van der Waals surface area contributed by atoms with Crippen LogP contribution in [0.4, 0.5) is 13.2 Å². The zero-order valence-electron chi connectivity index (χ0n) is 14.4.